The first-order chi connectivity index (χ1) is 10.8. The first kappa shape index (κ1) is 16.8. The van der Waals surface area contributed by atoms with Crippen molar-refractivity contribution in [2.45, 2.75) is 43.7 Å². The van der Waals surface area contributed by atoms with Crippen molar-refractivity contribution >= 4 is 23.7 Å². The Labute approximate surface area is 145 Å². The third-order valence-electron chi connectivity index (χ3n) is 4.63. The number of ether oxygens (including phenoxy) is 1. The van der Waals surface area contributed by atoms with Crippen LogP contribution in [-0.4, -0.2) is 51.5 Å². The van der Waals surface area contributed by atoms with Gasteiger partial charge in [-0.05, 0) is 12.8 Å². The van der Waals surface area contributed by atoms with E-state index >= 15 is 0 Å². The molecule has 7 nitrogen and oxygen atoms in total. The summed E-state index contributed by atoms with van der Waals surface area (Å²) in [6, 6.07) is 0. The van der Waals surface area contributed by atoms with Crippen LogP contribution in [0.25, 0.3) is 0 Å². The molecule has 2 aromatic heterocycles. The molecule has 0 radical (unpaired) electrons. The summed E-state index contributed by atoms with van der Waals surface area (Å²) < 4.78 is 7.35. The number of hydrogen-bond donors (Lipinski definition) is 1. The van der Waals surface area contributed by atoms with Gasteiger partial charge in [-0.2, -0.15) is 0 Å². The first-order valence-corrected chi connectivity index (χ1v) is 8.61. The molecule has 126 valence electrons. The summed E-state index contributed by atoms with van der Waals surface area (Å²) in [7, 11) is 1.75. The van der Waals surface area contributed by atoms with Crippen LogP contribution in [0.2, 0.25) is 0 Å². The average Bonchev–Trinajstić information content (AvgIpc) is 3.17. The van der Waals surface area contributed by atoms with Gasteiger partial charge in [-0.25, -0.2) is 4.68 Å². The Kier molecular flexibility index (Phi) is 5.25. The molecular formula is C14H21ClN6OS. The Hall–Kier alpha value is -1.09. The molecule has 2 atom stereocenters. The smallest absolute Gasteiger partial charge is 0.139 e. The predicted molar refractivity (Wildman–Crippen MR) is 89.3 cm³/mol. The molecule has 0 amide bonds. The highest BCUT2D eigenvalue weighted by Gasteiger charge is 2.30. The normalized spacial score (nSPS) is 24.4. The van der Waals surface area contributed by atoms with Gasteiger partial charge in [0.25, 0.3) is 0 Å². The predicted octanol–water partition coefficient (Wildman–Crippen LogP) is 1.57. The maximum Gasteiger partial charge on any atom is 0.139 e. The number of nitrogens with zero attached hydrogens (tertiary/aromatic N) is 5. The molecule has 9 heteroatoms. The largest absolute Gasteiger partial charge is 0.379 e. The zero-order chi connectivity index (χ0) is 14.9. The van der Waals surface area contributed by atoms with Crippen molar-refractivity contribution in [3.63, 3.8) is 0 Å². The summed E-state index contributed by atoms with van der Waals surface area (Å²) in [4.78, 5) is 0. The molecule has 4 rings (SSSR count). The SMILES string of the molecule is CO[C@@H]1CNC[C@H]1c1cn(Cc2nnc(C3CCC3)s2)nn1.Cl. The number of hydrogen-bond acceptors (Lipinski definition) is 7. The van der Waals surface area contributed by atoms with Gasteiger partial charge in [0.1, 0.15) is 10.0 Å². The molecule has 2 aromatic rings. The van der Waals surface area contributed by atoms with Crippen molar-refractivity contribution < 1.29 is 4.74 Å². The number of nitrogens with one attached hydrogen (secondary N) is 1. The van der Waals surface area contributed by atoms with E-state index < -0.39 is 0 Å². The highest BCUT2D eigenvalue weighted by Crippen LogP contribution is 2.37. The minimum absolute atomic E-state index is 0. The molecule has 0 unspecified atom stereocenters. The Balaban J connectivity index is 0.00000156. The molecule has 23 heavy (non-hydrogen) atoms. The molecule has 1 aliphatic carbocycles. The molecule has 1 N–H and O–H groups in total. The van der Waals surface area contributed by atoms with E-state index in [1.807, 2.05) is 10.9 Å². The molecule has 0 aromatic carbocycles. The van der Waals surface area contributed by atoms with Crippen LogP contribution < -0.4 is 5.32 Å². The van der Waals surface area contributed by atoms with E-state index in [4.69, 9.17) is 4.74 Å². The Bertz CT molecular complexity index is 643. The van der Waals surface area contributed by atoms with E-state index in [2.05, 4.69) is 25.8 Å². The highest BCUT2D eigenvalue weighted by molar-refractivity contribution is 7.11. The van der Waals surface area contributed by atoms with E-state index in [1.165, 1.54) is 24.3 Å². The molecule has 1 saturated heterocycles. The van der Waals surface area contributed by atoms with Gasteiger partial charge in [-0.1, -0.05) is 23.0 Å². The second-order valence-corrected chi connectivity index (χ2v) is 7.14. The van der Waals surface area contributed by atoms with E-state index in [9.17, 15) is 0 Å². The minimum Gasteiger partial charge on any atom is -0.379 e. The molecule has 1 aliphatic heterocycles. The number of halogens is 1. The zero-order valence-corrected chi connectivity index (χ0v) is 14.6. The lowest BCUT2D eigenvalue weighted by atomic mass is 9.86. The third kappa shape index (κ3) is 3.40. The van der Waals surface area contributed by atoms with Crippen LogP contribution in [0.5, 0.6) is 0 Å². The Morgan fingerprint density at radius 1 is 1.30 bits per heavy atom. The maximum atomic E-state index is 5.49. The summed E-state index contributed by atoms with van der Waals surface area (Å²) in [6.45, 7) is 2.41. The summed E-state index contributed by atoms with van der Waals surface area (Å²) in [6.07, 6.45) is 6.03. The van der Waals surface area contributed by atoms with Gasteiger partial charge < -0.3 is 10.1 Å². The van der Waals surface area contributed by atoms with Crippen LogP contribution in [0.15, 0.2) is 6.20 Å². The summed E-state index contributed by atoms with van der Waals surface area (Å²) in [5.74, 6) is 0.920. The number of aromatic nitrogens is 5. The summed E-state index contributed by atoms with van der Waals surface area (Å²) in [5.41, 5.74) is 0.987. The first-order valence-electron chi connectivity index (χ1n) is 7.79. The fraction of sp³-hybridized carbons (Fsp3) is 0.714. The van der Waals surface area contributed by atoms with Gasteiger partial charge in [0, 0.05) is 38.2 Å². The van der Waals surface area contributed by atoms with E-state index in [1.54, 1.807) is 18.4 Å². The second kappa shape index (κ2) is 7.21. The number of methoxy groups -OCH3 is 1. The monoisotopic (exact) mass is 356 g/mol. The minimum atomic E-state index is 0. The maximum absolute atomic E-state index is 5.49. The lowest BCUT2D eigenvalue weighted by molar-refractivity contribution is 0.104. The van der Waals surface area contributed by atoms with E-state index in [0.717, 1.165) is 23.8 Å². The lowest BCUT2D eigenvalue weighted by Gasteiger charge is -2.21. The van der Waals surface area contributed by atoms with E-state index in [-0.39, 0.29) is 24.4 Å². The Morgan fingerprint density at radius 3 is 2.91 bits per heavy atom. The molecule has 2 aliphatic rings. The van der Waals surface area contributed by atoms with Crippen LogP contribution in [-0.2, 0) is 11.3 Å². The fourth-order valence-electron chi connectivity index (χ4n) is 3.05. The zero-order valence-electron chi connectivity index (χ0n) is 13.0. The van der Waals surface area contributed by atoms with E-state index in [0.29, 0.717) is 12.5 Å². The standard InChI is InChI=1S/C14H20N6OS.ClH/c1-21-12-6-15-5-10(12)11-7-20(19-16-11)8-13-17-18-14(22-13)9-3-2-4-9;/h7,9-10,12,15H,2-6,8H2,1H3;1H/t10-,12+;/m0./s1. The van der Waals surface area contributed by atoms with Gasteiger partial charge in [-0.3, -0.25) is 0 Å². The van der Waals surface area contributed by atoms with Crippen molar-refractivity contribution in [2.75, 3.05) is 20.2 Å². The van der Waals surface area contributed by atoms with Crippen molar-refractivity contribution in [2.24, 2.45) is 0 Å². The van der Waals surface area contributed by atoms with Crippen LogP contribution in [0.4, 0.5) is 0 Å². The molecule has 0 spiro atoms. The molecule has 1 saturated carbocycles. The topological polar surface area (TPSA) is 77.8 Å². The highest BCUT2D eigenvalue weighted by atomic mass is 35.5. The summed E-state index contributed by atoms with van der Waals surface area (Å²) >= 11 is 1.71. The quantitative estimate of drug-likeness (QED) is 0.876. The van der Waals surface area contributed by atoms with Crippen molar-refractivity contribution in [1.82, 2.24) is 30.5 Å². The molecule has 3 heterocycles. The average molecular weight is 357 g/mol. The van der Waals surface area contributed by atoms with Crippen molar-refractivity contribution in [1.29, 1.82) is 0 Å². The Morgan fingerprint density at radius 2 is 2.17 bits per heavy atom. The van der Waals surface area contributed by atoms with Gasteiger partial charge in [0.2, 0.25) is 0 Å². The molecule has 0 bridgehead atoms. The fourth-order valence-corrected chi connectivity index (χ4v) is 4.05. The molecule has 2 fully saturated rings. The lowest BCUT2D eigenvalue weighted by Crippen LogP contribution is -2.19. The summed E-state index contributed by atoms with van der Waals surface area (Å²) in [5, 5.41) is 22.7. The third-order valence-corrected chi connectivity index (χ3v) is 5.70. The van der Waals surface area contributed by atoms with Crippen molar-refractivity contribution in [3.05, 3.63) is 21.9 Å². The van der Waals surface area contributed by atoms with Gasteiger partial charge in [0.15, 0.2) is 0 Å². The van der Waals surface area contributed by atoms with Gasteiger partial charge in [0.05, 0.1) is 18.3 Å². The van der Waals surface area contributed by atoms with Crippen LogP contribution in [0.1, 0.15) is 46.8 Å². The van der Waals surface area contributed by atoms with Crippen LogP contribution >= 0.6 is 23.7 Å². The number of rotatable bonds is 5. The van der Waals surface area contributed by atoms with Crippen LogP contribution in [0.3, 0.4) is 0 Å². The second-order valence-electron chi connectivity index (χ2n) is 6.04. The molecular weight excluding hydrogens is 336 g/mol. The van der Waals surface area contributed by atoms with Gasteiger partial charge >= 0.3 is 0 Å². The van der Waals surface area contributed by atoms with Crippen LogP contribution in [0, 0.1) is 0 Å². The van der Waals surface area contributed by atoms with Crippen molar-refractivity contribution in [3.8, 4) is 0 Å². The van der Waals surface area contributed by atoms with Gasteiger partial charge in [-0.15, -0.1) is 27.7 Å².